The summed E-state index contributed by atoms with van der Waals surface area (Å²) in [5.41, 5.74) is 7.32. The van der Waals surface area contributed by atoms with Crippen molar-refractivity contribution in [1.82, 2.24) is 4.98 Å². The molecule has 2 aromatic rings. The molecule has 0 amide bonds. The quantitative estimate of drug-likeness (QED) is 0.846. The van der Waals surface area contributed by atoms with E-state index in [9.17, 15) is 0 Å². The van der Waals surface area contributed by atoms with Crippen LogP contribution in [0.5, 0.6) is 11.6 Å². The summed E-state index contributed by atoms with van der Waals surface area (Å²) in [5, 5.41) is 0.579. The van der Waals surface area contributed by atoms with E-state index in [0.717, 1.165) is 10.0 Å². The Bertz CT molecular complexity index is 560. The van der Waals surface area contributed by atoms with Crippen LogP contribution in [0.25, 0.3) is 0 Å². The standard InChI is InChI=1S/C12H10BrClN2O/c1-7-4-12(16-6-9(7)13)17-11-3-2-8(14)5-10(11)15/h2-6H,15H2,1H3. The molecule has 0 saturated heterocycles. The number of ether oxygens (including phenoxy) is 1. The first-order valence-corrected chi connectivity index (χ1v) is 6.08. The maximum atomic E-state index is 5.81. The van der Waals surface area contributed by atoms with Gasteiger partial charge in [0.2, 0.25) is 5.88 Å². The van der Waals surface area contributed by atoms with Gasteiger partial charge in [-0.3, -0.25) is 0 Å². The molecule has 5 heteroatoms. The summed E-state index contributed by atoms with van der Waals surface area (Å²) in [6, 6.07) is 6.91. The second-order valence-corrected chi connectivity index (χ2v) is 4.85. The normalized spacial score (nSPS) is 10.3. The number of hydrogen-bond acceptors (Lipinski definition) is 3. The van der Waals surface area contributed by atoms with Gasteiger partial charge < -0.3 is 10.5 Å². The fourth-order valence-corrected chi connectivity index (χ4v) is 1.69. The maximum absolute atomic E-state index is 5.81. The monoisotopic (exact) mass is 312 g/mol. The number of aryl methyl sites for hydroxylation is 1. The van der Waals surface area contributed by atoms with Crippen LogP contribution < -0.4 is 10.5 Å². The second kappa shape index (κ2) is 4.94. The van der Waals surface area contributed by atoms with E-state index in [4.69, 9.17) is 22.1 Å². The summed E-state index contributed by atoms with van der Waals surface area (Å²) in [5.74, 6) is 1.04. The Morgan fingerprint density at radius 1 is 1.35 bits per heavy atom. The summed E-state index contributed by atoms with van der Waals surface area (Å²) in [6.45, 7) is 1.96. The SMILES string of the molecule is Cc1cc(Oc2ccc(Cl)cc2N)ncc1Br. The van der Waals surface area contributed by atoms with E-state index in [-0.39, 0.29) is 0 Å². The summed E-state index contributed by atoms with van der Waals surface area (Å²) < 4.78 is 6.52. The van der Waals surface area contributed by atoms with Crippen LogP contribution in [-0.4, -0.2) is 4.98 Å². The molecule has 88 valence electrons. The van der Waals surface area contributed by atoms with Crippen LogP contribution in [0.3, 0.4) is 0 Å². The number of aromatic nitrogens is 1. The van der Waals surface area contributed by atoms with E-state index in [2.05, 4.69) is 20.9 Å². The van der Waals surface area contributed by atoms with Crippen LogP contribution in [0.4, 0.5) is 5.69 Å². The summed E-state index contributed by atoms with van der Waals surface area (Å²) >= 11 is 9.19. The van der Waals surface area contributed by atoms with Crippen molar-refractivity contribution in [2.24, 2.45) is 0 Å². The largest absolute Gasteiger partial charge is 0.437 e. The second-order valence-electron chi connectivity index (χ2n) is 3.56. The topological polar surface area (TPSA) is 48.1 Å². The molecule has 3 nitrogen and oxygen atoms in total. The van der Waals surface area contributed by atoms with Crippen molar-refractivity contribution < 1.29 is 4.74 Å². The number of benzene rings is 1. The van der Waals surface area contributed by atoms with Crippen molar-refractivity contribution in [3.05, 3.63) is 45.5 Å². The molecule has 0 radical (unpaired) electrons. The molecule has 0 aliphatic rings. The molecule has 0 aliphatic carbocycles. The fourth-order valence-electron chi connectivity index (χ4n) is 1.29. The molecule has 0 aliphatic heterocycles. The van der Waals surface area contributed by atoms with Crippen molar-refractivity contribution in [2.75, 3.05) is 5.73 Å². The third kappa shape index (κ3) is 2.90. The first kappa shape index (κ1) is 12.2. The number of rotatable bonds is 2. The lowest BCUT2D eigenvalue weighted by Crippen LogP contribution is -1.94. The zero-order chi connectivity index (χ0) is 12.4. The predicted molar refractivity (Wildman–Crippen MR) is 72.6 cm³/mol. The average molecular weight is 314 g/mol. The summed E-state index contributed by atoms with van der Waals surface area (Å²) in [6.07, 6.45) is 1.69. The number of nitrogens with two attached hydrogens (primary N) is 1. The minimum Gasteiger partial charge on any atom is -0.437 e. The number of nitrogens with zero attached hydrogens (tertiary/aromatic N) is 1. The van der Waals surface area contributed by atoms with Gasteiger partial charge in [-0.25, -0.2) is 4.98 Å². The van der Waals surface area contributed by atoms with Gasteiger partial charge in [0.25, 0.3) is 0 Å². The first-order valence-electron chi connectivity index (χ1n) is 4.91. The van der Waals surface area contributed by atoms with Gasteiger partial charge in [0, 0.05) is 21.8 Å². The van der Waals surface area contributed by atoms with E-state index < -0.39 is 0 Å². The molecule has 2 N–H and O–H groups in total. The van der Waals surface area contributed by atoms with E-state index in [1.54, 1.807) is 24.4 Å². The number of nitrogen functional groups attached to an aromatic ring is 1. The highest BCUT2D eigenvalue weighted by Crippen LogP contribution is 2.29. The summed E-state index contributed by atoms with van der Waals surface area (Å²) in [7, 11) is 0. The van der Waals surface area contributed by atoms with E-state index in [1.165, 1.54) is 0 Å². The number of anilines is 1. The Hall–Kier alpha value is -1.26. The molecule has 1 aromatic carbocycles. The third-order valence-corrected chi connectivity index (χ3v) is 3.27. The Morgan fingerprint density at radius 3 is 2.76 bits per heavy atom. The van der Waals surface area contributed by atoms with Crippen LogP contribution in [-0.2, 0) is 0 Å². The van der Waals surface area contributed by atoms with Crippen molar-refractivity contribution in [2.45, 2.75) is 6.92 Å². The molecule has 2 rings (SSSR count). The number of hydrogen-bond donors (Lipinski definition) is 1. The molecule has 17 heavy (non-hydrogen) atoms. The van der Waals surface area contributed by atoms with Crippen molar-refractivity contribution in [3.63, 3.8) is 0 Å². The number of halogens is 2. The van der Waals surface area contributed by atoms with Crippen LogP contribution in [0, 0.1) is 6.92 Å². The lowest BCUT2D eigenvalue weighted by Gasteiger charge is -2.08. The summed E-state index contributed by atoms with van der Waals surface area (Å²) in [4.78, 5) is 4.14. The molecule has 1 aromatic heterocycles. The smallest absolute Gasteiger partial charge is 0.219 e. The highest BCUT2D eigenvalue weighted by Gasteiger charge is 2.05. The van der Waals surface area contributed by atoms with Gasteiger partial charge >= 0.3 is 0 Å². The highest BCUT2D eigenvalue weighted by molar-refractivity contribution is 9.10. The maximum Gasteiger partial charge on any atom is 0.219 e. The molecular weight excluding hydrogens is 304 g/mol. The van der Waals surface area contributed by atoms with Gasteiger partial charge in [-0.2, -0.15) is 0 Å². The molecule has 1 heterocycles. The minimum absolute atomic E-state index is 0.486. The zero-order valence-electron chi connectivity index (χ0n) is 9.08. The van der Waals surface area contributed by atoms with Gasteiger partial charge in [0.1, 0.15) is 0 Å². The molecular formula is C12H10BrClN2O. The minimum atomic E-state index is 0.486. The Labute approximate surface area is 113 Å². The van der Waals surface area contributed by atoms with E-state index >= 15 is 0 Å². The van der Waals surface area contributed by atoms with Crippen molar-refractivity contribution in [1.29, 1.82) is 0 Å². The molecule has 0 unspecified atom stereocenters. The fraction of sp³-hybridized carbons (Fsp3) is 0.0833. The molecule has 0 bridgehead atoms. The molecule has 0 fully saturated rings. The number of pyridine rings is 1. The van der Waals surface area contributed by atoms with Crippen molar-refractivity contribution >= 4 is 33.2 Å². The average Bonchev–Trinajstić information content (AvgIpc) is 2.27. The predicted octanol–water partition coefficient (Wildman–Crippen LogP) is 4.18. The van der Waals surface area contributed by atoms with Gasteiger partial charge in [0.05, 0.1) is 5.69 Å². The lowest BCUT2D eigenvalue weighted by atomic mass is 10.3. The Kier molecular flexibility index (Phi) is 3.54. The molecule has 0 spiro atoms. The van der Waals surface area contributed by atoms with Crippen molar-refractivity contribution in [3.8, 4) is 11.6 Å². The van der Waals surface area contributed by atoms with Crippen LogP contribution in [0.15, 0.2) is 34.9 Å². The highest BCUT2D eigenvalue weighted by atomic mass is 79.9. The van der Waals surface area contributed by atoms with E-state index in [0.29, 0.717) is 22.3 Å². The van der Waals surface area contributed by atoms with Gasteiger partial charge in [-0.15, -0.1) is 0 Å². The molecule has 0 atom stereocenters. The third-order valence-electron chi connectivity index (χ3n) is 2.21. The van der Waals surface area contributed by atoms with Crippen LogP contribution in [0.1, 0.15) is 5.56 Å². The molecule has 0 saturated carbocycles. The van der Waals surface area contributed by atoms with E-state index in [1.807, 2.05) is 13.0 Å². The Balaban J connectivity index is 2.28. The van der Waals surface area contributed by atoms with Crippen LogP contribution >= 0.6 is 27.5 Å². The van der Waals surface area contributed by atoms with Gasteiger partial charge in [-0.1, -0.05) is 11.6 Å². The van der Waals surface area contributed by atoms with Gasteiger partial charge in [0.15, 0.2) is 5.75 Å². The first-order chi connectivity index (χ1) is 8.06. The van der Waals surface area contributed by atoms with Crippen LogP contribution in [0.2, 0.25) is 5.02 Å². The zero-order valence-corrected chi connectivity index (χ0v) is 11.4. The lowest BCUT2D eigenvalue weighted by molar-refractivity contribution is 0.464. The van der Waals surface area contributed by atoms with Gasteiger partial charge in [-0.05, 0) is 46.6 Å². The Morgan fingerprint density at radius 2 is 2.12 bits per heavy atom.